The van der Waals surface area contributed by atoms with Gasteiger partial charge in [0.25, 0.3) is 0 Å². The number of amides is 5. The first kappa shape index (κ1) is 27.3. The Morgan fingerprint density at radius 3 is 1.85 bits per heavy atom. The summed E-state index contributed by atoms with van der Waals surface area (Å²) in [4.78, 5) is 64.6. The van der Waals surface area contributed by atoms with Crippen LogP contribution in [0.25, 0.3) is 0 Å². The Balaban J connectivity index is 2.42. The minimum absolute atomic E-state index is 0.0997. The van der Waals surface area contributed by atoms with Gasteiger partial charge in [-0.2, -0.15) is 0 Å². The molecule has 2 aliphatic rings. The molecule has 2 fully saturated rings. The predicted molar refractivity (Wildman–Crippen MR) is 129 cm³/mol. The summed E-state index contributed by atoms with van der Waals surface area (Å²) < 4.78 is 0. The lowest BCUT2D eigenvalue weighted by Crippen LogP contribution is -2.60. The second-order valence-electron chi connectivity index (χ2n) is 8.98. The van der Waals surface area contributed by atoms with Crippen molar-refractivity contribution < 1.29 is 24.0 Å². The maximum Gasteiger partial charge on any atom is 0.244 e. The van der Waals surface area contributed by atoms with Crippen LogP contribution in [0.4, 0.5) is 0 Å². The SMILES string of the molecule is CC[C@H](C)[C@@H]1NC(=O)[C@@H](CC(C)C)NC(=O)[C@H](C)NC(=O)[C@H]2CSSC[C@@H](NC1=O)C(=O)N2. The quantitative estimate of drug-likeness (QED) is 0.339. The number of hydrogen-bond acceptors (Lipinski definition) is 7. The summed E-state index contributed by atoms with van der Waals surface area (Å²) in [5, 5.41) is 13.5. The molecule has 0 spiro atoms. The van der Waals surface area contributed by atoms with Gasteiger partial charge in [0.1, 0.15) is 30.2 Å². The van der Waals surface area contributed by atoms with E-state index in [0.717, 1.165) is 0 Å². The zero-order valence-corrected chi connectivity index (χ0v) is 21.4. The van der Waals surface area contributed by atoms with Crippen LogP contribution in [-0.4, -0.2) is 71.3 Å². The van der Waals surface area contributed by atoms with Gasteiger partial charge in [0.15, 0.2) is 0 Å². The predicted octanol–water partition coefficient (Wildman–Crippen LogP) is -0.0689. The van der Waals surface area contributed by atoms with Gasteiger partial charge < -0.3 is 26.6 Å². The van der Waals surface area contributed by atoms with E-state index >= 15 is 0 Å². The van der Waals surface area contributed by atoms with E-state index in [4.69, 9.17) is 0 Å². The minimum Gasteiger partial charge on any atom is -0.343 e. The molecule has 2 saturated heterocycles. The highest BCUT2D eigenvalue weighted by Gasteiger charge is 2.36. The van der Waals surface area contributed by atoms with Crippen molar-refractivity contribution in [3.63, 3.8) is 0 Å². The molecular weight excluding hydrogens is 466 g/mol. The first-order chi connectivity index (χ1) is 15.5. The molecule has 2 bridgehead atoms. The van der Waals surface area contributed by atoms with Crippen LogP contribution in [-0.2, 0) is 24.0 Å². The smallest absolute Gasteiger partial charge is 0.244 e. The highest BCUT2D eigenvalue weighted by Crippen LogP contribution is 2.25. The fraction of sp³-hybridized carbons (Fsp3) is 0.762. The Morgan fingerprint density at radius 1 is 0.758 bits per heavy atom. The third-order valence-corrected chi connectivity index (χ3v) is 8.13. The van der Waals surface area contributed by atoms with Crippen molar-refractivity contribution in [2.45, 2.75) is 77.7 Å². The highest BCUT2D eigenvalue weighted by atomic mass is 33.1. The topological polar surface area (TPSA) is 146 Å². The fourth-order valence-corrected chi connectivity index (χ4v) is 5.79. The van der Waals surface area contributed by atoms with Crippen molar-refractivity contribution in [1.29, 1.82) is 0 Å². The standard InChI is InChI=1S/C21H35N5O5S2/c1-6-11(4)16-21(31)25-15-9-33-32-8-14(24-20(15)30)19(29)22-12(5)17(27)23-13(7-10(2)3)18(28)26-16/h10-16H,6-9H2,1-5H3,(H,22,29)(H,23,27)(H,24,30)(H,25,31)(H,26,28)/t11-,12-,13+,14+,15+,16-/m0/s1. The van der Waals surface area contributed by atoms with Gasteiger partial charge in [-0.1, -0.05) is 55.7 Å². The van der Waals surface area contributed by atoms with Crippen LogP contribution in [0.5, 0.6) is 0 Å². The Kier molecular flexibility index (Phi) is 10.3. The lowest BCUT2D eigenvalue weighted by Gasteiger charge is -2.29. The van der Waals surface area contributed by atoms with Gasteiger partial charge in [0.05, 0.1) is 0 Å². The van der Waals surface area contributed by atoms with Gasteiger partial charge in [-0.3, -0.25) is 24.0 Å². The maximum absolute atomic E-state index is 13.1. The molecule has 2 heterocycles. The summed E-state index contributed by atoms with van der Waals surface area (Å²) >= 11 is 0. The Bertz CT molecular complexity index is 765. The highest BCUT2D eigenvalue weighted by molar-refractivity contribution is 8.76. The summed E-state index contributed by atoms with van der Waals surface area (Å²) in [6.07, 6.45) is 0.990. The van der Waals surface area contributed by atoms with Crippen LogP contribution >= 0.6 is 21.6 Å². The average molecular weight is 502 g/mol. The summed E-state index contributed by atoms with van der Waals surface area (Å²) in [7, 11) is 2.79. The van der Waals surface area contributed by atoms with Gasteiger partial charge in [-0.05, 0) is 25.2 Å². The van der Waals surface area contributed by atoms with E-state index in [9.17, 15) is 24.0 Å². The molecule has 12 heteroatoms. The van der Waals surface area contributed by atoms with Crippen molar-refractivity contribution in [2.24, 2.45) is 11.8 Å². The third-order valence-electron chi connectivity index (χ3n) is 5.70. The summed E-state index contributed by atoms with van der Waals surface area (Å²) in [6.45, 7) is 9.13. The number of carbonyl (C=O) groups excluding carboxylic acids is 5. The fourth-order valence-electron chi connectivity index (χ4n) is 3.47. The second kappa shape index (κ2) is 12.5. The normalized spacial score (nSPS) is 31.1. The van der Waals surface area contributed by atoms with E-state index in [-0.39, 0.29) is 11.8 Å². The molecule has 0 aliphatic carbocycles. The minimum atomic E-state index is -0.911. The van der Waals surface area contributed by atoms with Gasteiger partial charge in [0, 0.05) is 11.5 Å². The monoisotopic (exact) mass is 501 g/mol. The lowest BCUT2D eigenvalue weighted by atomic mass is 9.96. The van der Waals surface area contributed by atoms with E-state index in [1.54, 1.807) is 0 Å². The van der Waals surface area contributed by atoms with E-state index in [2.05, 4.69) is 26.6 Å². The second-order valence-corrected chi connectivity index (χ2v) is 11.5. The van der Waals surface area contributed by atoms with Gasteiger partial charge >= 0.3 is 0 Å². The molecule has 0 aromatic carbocycles. The molecular formula is C21H35N5O5S2. The van der Waals surface area contributed by atoms with Crippen LogP contribution in [0.3, 0.4) is 0 Å². The number of fused-ring (bicyclic) bond motifs is 3. The molecule has 2 rings (SSSR count). The van der Waals surface area contributed by atoms with Crippen LogP contribution in [0.15, 0.2) is 0 Å². The third kappa shape index (κ3) is 7.80. The Labute approximate surface area is 202 Å². The van der Waals surface area contributed by atoms with Crippen LogP contribution in [0.1, 0.15) is 47.5 Å². The number of hydrogen-bond donors (Lipinski definition) is 5. The average Bonchev–Trinajstić information content (AvgIpc) is 2.74. The number of nitrogens with one attached hydrogen (secondary N) is 5. The molecule has 0 saturated carbocycles. The number of carbonyl (C=O) groups is 5. The summed E-state index contributed by atoms with van der Waals surface area (Å²) in [5.74, 6) is -1.88. The molecule has 10 nitrogen and oxygen atoms in total. The molecule has 2 aliphatic heterocycles. The van der Waals surface area contributed by atoms with E-state index < -0.39 is 59.7 Å². The lowest BCUT2D eigenvalue weighted by molar-refractivity contribution is -0.134. The molecule has 0 aromatic heterocycles. The maximum atomic E-state index is 13.1. The molecule has 6 atom stereocenters. The summed E-state index contributed by atoms with van der Waals surface area (Å²) in [6, 6.07) is -4.36. The van der Waals surface area contributed by atoms with Crippen molar-refractivity contribution in [2.75, 3.05) is 11.5 Å². The Hall–Kier alpha value is -1.95. The van der Waals surface area contributed by atoms with Gasteiger partial charge in [-0.25, -0.2) is 0 Å². The van der Waals surface area contributed by atoms with Crippen LogP contribution in [0.2, 0.25) is 0 Å². The van der Waals surface area contributed by atoms with Gasteiger partial charge in [0.2, 0.25) is 29.5 Å². The first-order valence-corrected chi connectivity index (χ1v) is 13.8. The van der Waals surface area contributed by atoms with E-state index in [0.29, 0.717) is 24.3 Å². The molecule has 0 aromatic rings. The molecule has 0 radical (unpaired) electrons. The Morgan fingerprint density at radius 2 is 1.30 bits per heavy atom. The van der Waals surface area contributed by atoms with Crippen LogP contribution < -0.4 is 26.6 Å². The zero-order chi connectivity index (χ0) is 24.7. The first-order valence-electron chi connectivity index (χ1n) is 11.3. The molecule has 5 N–H and O–H groups in total. The van der Waals surface area contributed by atoms with Crippen molar-refractivity contribution in [3.05, 3.63) is 0 Å². The van der Waals surface area contributed by atoms with Crippen LogP contribution in [0, 0.1) is 11.8 Å². The summed E-state index contributed by atoms with van der Waals surface area (Å²) in [5.41, 5.74) is 0. The van der Waals surface area contributed by atoms with Crippen molar-refractivity contribution >= 4 is 51.1 Å². The molecule has 5 amide bonds. The zero-order valence-electron chi connectivity index (χ0n) is 19.7. The number of rotatable bonds is 4. The van der Waals surface area contributed by atoms with Crippen molar-refractivity contribution in [3.8, 4) is 0 Å². The molecule has 186 valence electrons. The van der Waals surface area contributed by atoms with Gasteiger partial charge in [-0.15, -0.1) is 0 Å². The van der Waals surface area contributed by atoms with E-state index in [1.165, 1.54) is 28.5 Å². The molecule has 33 heavy (non-hydrogen) atoms. The van der Waals surface area contributed by atoms with E-state index in [1.807, 2.05) is 27.7 Å². The largest absolute Gasteiger partial charge is 0.343 e. The molecule has 0 unspecified atom stereocenters. The van der Waals surface area contributed by atoms with Crippen molar-refractivity contribution in [1.82, 2.24) is 26.6 Å².